The molecule has 1 unspecified atom stereocenters. The SMILES string of the molecule is CCC1(NC(=O)C(C)N2CCNCC2)CCC1. The highest BCUT2D eigenvalue weighted by molar-refractivity contribution is 5.82. The third-order valence-corrected chi connectivity index (χ3v) is 4.45. The van der Waals surface area contributed by atoms with Crippen molar-refractivity contribution < 1.29 is 4.79 Å². The van der Waals surface area contributed by atoms with E-state index in [2.05, 4.69) is 22.5 Å². The van der Waals surface area contributed by atoms with Gasteiger partial charge in [0.05, 0.1) is 6.04 Å². The Morgan fingerprint density at radius 1 is 1.41 bits per heavy atom. The van der Waals surface area contributed by atoms with E-state index in [-0.39, 0.29) is 17.5 Å². The van der Waals surface area contributed by atoms with Gasteiger partial charge in [-0.3, -0.25) is 9.69 Å². The summed E-state index contributed by atoms with van der Waals surface area (Å²) >= 11 is 0. The van der Waals surface area contributed by atoms with E-state index in [1.54, 1.807) is 0 Å². The van der Waals surface area contributed by atoms with Gasteiger partial charge in [0.2, 0.25) is 5.91 Å². The zero-order valence-electron chi connectivity index (χ0n) is 11.1. The van der Waals surface area contributed by atoms with Crippen molar-refractivity contribution >= 4 is 5.91 Å². The maximum atomic E-state index is 12.2. The molecule has 1 heterocycles. The second-order valence-corrected chi connectivity index (χ2v) is 5.44. The number of hydrogen-bond acceptors (Lipinski definition) is 3. The van der Waals surface area contributed by atoms with Crippen molar-refractivity contribution in [1.29, 1.82) is 0 Å². The minimum absolute atomic E-state index is 0.0149. The van der Waals surface area contributed by atoms with Crippen LogP contribution in [0.5, 0.6) is 0 Å². The van der Waals surface area contributed by atoms with Crippen molar-refractivity contribution in [2.75, 3.05) is 26.2 Å². The smallest absolute Gasteiger partial charge is 0.237 e. The summed E-state index contributed by atoms with van der Waals surface area (Å²) in [5.74, 6) is 0.216. The van der Waals surface area contributed by atoms with E-state index < -0.39 is 0 Å². The van der Waals surface area contributed by atoms with E-state index in [0.717, 1.165) is 45.4 Å². The summed E-state index contributed by atoms with van der Waals surface area (Å²) in [5, 5.41) is 6.59. The number of hydrogen-bond donors (Lipinski definition) is 2. The molecule has 0 radical (unpaired) electrons. The third-order valence-electron chi connectivity index (χ3n) is 4.45. The Labute approximate surface area is 104 Å². The van der Waals surface area contributed by atoms with Crippen molar-refractivity contribution in [2.24, 2.45) is 0 Å². The van der Waals surface area contributed by atoms with Crippen molar-refractivity contribution in [3.63, 3.8) is 0 Å². The molecule has 2 N–H and O–H groups in total. The number of carbonyl (C=O) groups excluding carboxylic acids is 1. The van der Waals surface area contributed by atoms with Gasteiger partial charge in [0.1, 0.15) is 0 Å². The number of nitrogens with zero attached hydrogens (tertiary/aromatic N) is 1. The lowest BCUT2D eigenvalue weighted by Crippen LogP contribution is -2.59. The molecule has 0 aromatic rings. The van der Waals surface area contributed by atoms with Gasteiger partial charge in [-0.15, -0.1) is 0 Å². The summed E-state index contributed by atoms with van der Waals surface area (Å²) in [5.41, 5.74) is 0.124. The molecule has 17 heavy (non-hydrogen) atoms. The molecule has 1 saturated heterocycles. The Balaban J connectivity index is 1.85. The van der Waals surface area contributed by atoms with Gasteiger partial charge < -0.3 is 10.6 Å². The predicted octanol–water partition coefficient (Wildman–Crippen LogP) is 0.729. The van der Waals surface area contributed by atoms with E-state index in [1.165, 1.54) is 6.42 Å². The maximum absolute atomic E-state index is 12.2. The average Bonchev–Trinajstić information content (AvgIpc) is 2.33. The van der Waals surface area contributed by atoms with Crippen LogP contribution in [-0.2, 0) is 4.79 Å². The quantitative estimate of drug-likeness (QED) is 0.760. The van der Waals surface area contributed by atoms with Crippen LogP contribution in [0.2, 0.25) is 0 Å². The maximum Gasteiger partial charge on any atom is 0.237 e. The van der Waals surface area contributed by atoms with Gasteiger partial charge in [0, 0.05) is 31.7 Å². The Hall–Kier alpha value is -0.610. The highest BCUT2D eigenvalue weighted by atomic mass is 16.2. The standard InChI is InChI=1S/C13H25N3O/c1-3-13(5-4-6-13)15-12(17)11(2)16-9-7-14-8-10-16/h11,14H,3-10H2,1-2H3,(H,15,17). The lowest BCUT2D eigenvalue weighted by Gasteiger charge is -2.43. The molecule has 0 spiro atoms. The van der Waals surface area contributed by atoms with Crippen LogP contribution >= 0.6 is 0 Å². The number of rotatable bonds is 4. The zero-order valence-corrected chi connectivity index (χ0v) is 11.1. The highest BCUT2D eigenvalue weighted by Gasteiger charge is 2.38. The lowest BCUT2D eigenvalue weighted by molar-refractivity contribution is -0.129. The van der Waals surface area contributed by atoms with Gasteiger partial charge in [0.15, 0.2) is 0 Å². The Kier molecular flexibility index (Phi) is 4.05. The van der Waals surface area contributed by atoms with Gasteiger partial charge >= 0.3 is 0 Å². The predicted molar refractivity (Wildman–Crippen MR) is 68.9 cm³/mol. The Bertz CT molecular complexity index is 264. The first-order valence-electron chi connectivity index (χ1n) is 6.94. The number of amides is 1. The van der Waals surface area contributed by atoms with Crippen molar-refractivity contribution in [1.82, 2.24) is 15.5 Å². The summed E-state index contributed by atoms with van der Waals surface area (Å²) < 4.78 is 0. The molecule has 2 aliphatic rings. The summed E-state index contributed by atoms with van der Waals surface area (Å²) in [6.07, 6.45) is 4.64. The van der Waals surface area contributed by atoms with E-state index in [0.29, 0.717) is 0 Å². The topological polar surface area (TPSA) is 44.4 Å². The first-order chi connectivity index (χ1) is 8.17. The fourth-order valence-electron chi connectivity index (χ4n) is 2.77. The van der Waals surface area contributed by atoms with Crippen LogP contribution < -0.4 is 10.6 Å². The molecule has 1 aliphatic heterocycles. The summed E-state index contributed by atoms with van der Waals surface area (Å²) in [4.78, 5) is 14.5. The molecule has 1 saturated carbocycles. The second-order valence-electron chi connectivity index (χ2n) is 5.44. The highest BCUT2D eigenvalue weighted by Crippen LogP contribution is 2.34. The van der Waals surface area contributed by atoms with Crippen LogP contribution in [0.25, 0.3) is 0 Å². The molecule has 98 valence electrons. The third kappa shape index (κ3) is 2.80. The molecule has 1 atom stereocenters. The largest absolute Gasteiger partial charge is 0.349 e. The van der Waals surface area contributed by atoms with Crippen molar-refractivity contribution in [3.05, 3.63) is 0 Å². The van der Waals surface area contributed by atoms with Gasteiger partial charge in [0.25, 0.3) is 0 Å². The molecule has 1 amide bonds. The van der Waals surface area contributed by atoms with Gasteiger partial charge in [-0.05, 0) is 32.6 Å². The fourth-order valence-corrected chi connectivity index (χ4v) is 2.77. The minimum atomic E-state index is 0.0149. The Morgan fingerprint density at radius 2 is 2.06 bits per heavy atom. The number of carbonyl (C=O) groups is 1. The van der Waals surface area contributed by atoms with E-state index >= 15 is 0 Å². The molecule has 4 heteroatoms. The second kappa shape index (κ2) is 5.36. The summed E-state index contributed by atoms with van der Waals surface area (Å²) in [6, 6.07) is 0.0149. The van der Waals surface area contributed by atoms with Crippen LogP contribution in [0.3, 0.4) is 0 Å². The molecule has 0 bridgehead atoms. The molecule has 2 rings (SSSR count). The summed E-state index contributed by atoms with van der Waals surface area (Å²) in [6.45, 7) is 8.16. The van der Waals surface area contributed by atoms with Gasteiger partial charge in [-0.25, -0.2) is 0 Å². The fraction of sp³-hybridized carbons (Fsp3) is 0.923. The van der Waals surface area contributed by atoms with Crippen LogP contribution in [-0.4, -0.2) is 48.6 Å². The molecular weight excluding hydrogens is 214 g/mol. The number of piperazine rings is 1. The van der Waals surface area contributed by atoms with Crippen LogP contribution in [0, 0.1) is 0 Å². The first kappa shape index (κ1) is 12.8. The van der Waals surface area contributed by atoms with E-state index in [4.69, 9.17) is 0 Å². The normalized spacial score (nSPS) is 26.0. The molecule has 0 aromatic carbocycles. The zero-order chi connectivity index (χ0) is 12.3. The first-order valence-corrected chi connectivity index (χ1v) is 6.94. The minimum Gasteiger partial charge on any atom is -0.349 e. The van der Waals surface area contributed by atoms with E-state index in [9.17, 15) is 4.79 Å². The van der Waals surface area contributed by atoms with Crippen LogP contribution in [0.1, 0.15) is 39.5 Å². The van der Waals surface area contributed by atoms with Crippen LogP contribution in [0.4, 0.5) is 0 Å². The molecular formula is C13H25N3O. The summed E-state index contributed by atoms with van der Waals surface area (Å²) in [7, 11) is 0. The molecule has 1 aliphatic carbocycles. The van der Waals surface area contributed by atoms with Crippen molar-refractivity contribution in [2.45, 2.75) is 51.1 Å². The van der Waals surface area contributed by atoms with Crippen molar-refractivity contribution in [3.8, 4) is 0 Å². The monoisotopic (exact) mass is 239 g/mol. The molecule has 4 nitrogen and oxygen atoms in total. The average molecular weight is 239 g/mol. The molecule has 2 fully saturated rings. The molecule has 0 aromatic heterocycles. The lowest BCUT2D eigenvalue weighted by atomic mass is 9.74. The van der Waals surface area contributed by atoms with Gasteiger partial charge in [-0.2, -0.15) is 0 Å². The van der Waals surface area contributed by atoms with Gasteiger partial charge in [-0.1, -0.05) is 6.92 Å². The van der Waals surface area contributed by atoms with E-state index in [1.807, 2.05) is 6.92 Å². The Morgan fingerprint density at radius 3 is 2.53 bits per heavy atom. The van der Waals surface area contributed by atoms with Crippen LogP contribution in [0.15, 0.2) is 0 Å². The number of nitrogens with one attached hydrogen (secondary N) is 2.